The highest BCUT2D eigenvalue weighted by Gasteiger charge is 2.54. The number of aryl methyl sites for hydroxylation is 2. The van der Waals surface area contributed by atoms with E-state index in [0.29, 0.717) is 29.3 Å². The zero-order chi connectivity index (χ0) is 21.4. The lowest BCUT2D eigenvalue weighted by atomic mass is 10.0. The number of carbonyl (C=O) groups excluding carboxylic acids is 2. The fourth-order valence-corrected chi connectivity index (χ4v) is 6.57. The number of carboxylic acids is 1. The summed E-state index contributed by atoms with van der Waals surface area (Å²) < 4.78 is 2.29. The number of aromatic nitrogens is 4. The second-order valence-electron chi connectivity index (χ2n) is 6.53. The fourth-order valence-electron chi connectivity index (χ4n) is 3.27. The number of nitrogens with zero attached hydrogens (tertiary/aromatic N) is 5. The van der Waals surface area contributed by atoms with Crippen LogP contribution < -0.4 is 5.32 Å². The van der Waals surface area contributed by atoms with Crippen LogP contribution in [0, 0.1) is 6.92 Å². The smallest absolute Gasteiger partial charge is 0.352 e. The van der Waals surface area contributed by atoms with Crippen molar-refractivity contribution in [1.82, 2.24) is 30.2 Å². The number of carbonyl (C=O) groups is 3. The van der Waals surface area contributed by atoms with Gasteiger partial charge in [0.1, 0.15) is 27.8 Å². The second-order valence-corrected chi connectivity index (χ2v) is 10.0. The molecular weight excluding hydrogens is 448 g/mol. The average Bonchev–Trinajstić information content (AvgIpc) is 3.37. The number of aliphatic carboxylic acids is 1. The molecule has 0 radical (unpaired) electrons. The standard InChI is InChI=1S/C17H18N6O4S3/c1-3-22-10(4-5-18-22)13(24)19-11-14(25)23-12(16(26)27)9(6-28-15(11)23)7-29-17-21-20-8(2)30-17/h4-5,11,15H,3,6-7H2,1-2H3,(H,19,24)(H,26,27). The first-order chi connectivity index (χ1) is 14.4. The third kappa shape index (κ3) is 3.72. The van der Waals surface area contributed by atoms with E-state index < -0.39 is 29.2 Å². The van der Waals surface area contributed by atoms with Crippen molar-refractivity contribution in [2.75, 3.05) is 11.5 Å². The summed E-state index contributed by atoms with van der Waals surface area (Å²) in [6.07, 6.45) is 1.53. The maximum absolute atomic E-state index is 12.7. The normalized spacial score (nSPS) is 20.7. The van der Waals surface area contributed by atoms with Gasteiger partial charge in [0.15, 0.2) is 4.34 Å². The number of thioether (sulfide) groups is 2. The third-order valence-corrected chi connectivity index (χ3v) is 8.06. The van der Waals surface area contributed by atoms with E-state index in [9.17, 15) is 19.5 Å². The zero-order valence-corrected chi connectivity index (χ0v) is 18.5. The number of hydrogen-bond donors (Lipinski definition) is 2. The van der Waals surface area contributed by atoms with Crippen LogP contribution in [0.5, 0.6) is 0 Å². The Balaban J connectivity index is 1.48. The highest BCUT2D eigenvalue weighted by atomic mass is 32.2. The lowest BCUT2D eigenvalue weighted by molar-refractivity contribution is -0.148. The van der Waals surface area contributed by atoms with E-state index in [4.69, 9.17) is 0 Å². The maximum atomic E-state index is 12.7. The molecule has 0 bridgehead atoms. The van der Waals surface area contributed by atoms with Crippen molar-refractivity contribution in [3.8, 4) is 0 Å². The number of fused-ring (bicyclic) bond motifs is 1. The van der Waals surface area contributed by atoms with E-state index in [1.807, 2.05) is 13.8 Å². The molecule has 2 N–H and O–H groups in total. The lowest BCUT2D eigenvalue weighted by Crippen LogP contribution is -2.70. The molecule has 0 saturated carbocycles. The first kappa shape index (κ1) is 20.9. The van der Waals surface area contributed by atoms with E-state index >= 15 is 0 Å². The molecule has 2 atom stereocenters. The summed E-state index contributed by atoms with van der Waals surface area (Å²) in [6, 6.07) is 0.818. The summed E-state index contributed by atoms with van der Waals surface area (Å²) in [6.45, 7) is 4.24. The van der Waals surface area contributed by atoms with Crippen LogP contribution in [0.2, 0.25) is 0 Å². The summed E-state index contributed by atoms with van der Waals surface area (Å²) in [5.41, 5.74) is 1.02. The van der Waals surface area contributed by atoms with Crippen molar-refractivity contribution in [2.24, 2.45) is 0 Å². The fraction of sp³-hybridized carbons (Fsp3) is 0.412. The Morgan fingerprint density at radius 3 is 2.87 bits per heavy atom. The van der Waals surface area contributed by atoms with Gasteiger partial charge in [0.25, 0.3) is 11.8 Å². The molecule has 4 heterocycles. The molecule has 2 aromatic heterocycles. The first-order valence-electron chi connectivity index (χ1n) is 9.06. The largest absolute Gasteiger partial charge is 0.477 e. The van der Waals surface area contributed by atoms with Crippen molar-refractivity contribution in [1.29, 1.82) is 0 Å². The predicted molar refractivity (Wildman–Crippen MR) is 112 cm³/mol. The molecule has 0 aromatic carbocycles. The van der Waals surface area contributed by atoms with Gasteiger partial charge in [-0.2, -0.15) is 5.10 Å². The van der Waals surface area contributed by atoms with Crippen LogP contribution in [0.1, 0.15) is 22.4 Å². The summed E-state index contributed by atoms with van der Waals surface area (Å²) in [5.74, 6) is -1.10. The molecule has 2 amide bonds. The van der Waals surface area contributed by atoms with Crippen LogP contribution in [0.4, 0.5) is 0 Å². The first-order valence-corrected chi connectivity index (χ1v) is 11.9. The van der Waals surface area contributed by atoms with Crippen LogP contribution in [0.15, 0.2) is 27.9 Å². The molecule has 1 fully saturated rings. The number of rotatable bonds is 7. The highest BCUT2D eigenvalue weighted by molar-refractivity contribution is 8.01. The van der Waals surface area contributed by atoms with Gasteiger partial charge in [-0.25, -0.2) is 4.79 Å². The number of hydrogen-bond acceptors (Lipinski definition) is 9. The molecule has 4 rings (SSSR count). The Hall–Kier alpha value is -2.38. The van der Waals surface area contributed by atoms with Gasteiger partial charge in [-0.1, -0.05) is 23.1 Å². The summed E-state index contributed by atoms with van der Waals surface area (Å²) >= 11 is 4.29. The summed E-state index contributed by atoms with van der Waals surface area (Å²) in [7, 11) is 0. The Kier molecular flexibility index (Phi) is 5.84. The van der Waals surface area contributed by atoms with Crippen molar-refractivity contribution in [3.63, 3.8) is 0 Å². The van der Waals surface area contributed by atoms with Gasteiger partial charge in [0.05, 0.1) is 0 Å². The van der Waals surface area contributed by atoms with Gasteiger partial charge < -0.3 is 10.4 Å². The minimum atomic E-state index is -1.15. The molecule has 13 heteroatoms. The minimum Gasteiger partial charge on any atom is -0.477 e. The van der Waals surface area contributed by atoms with Crippen molar-refractivity contribution in [3.05, 3.63) is 34.2 Å². The second kappa shape index (κ2) is 8.40. The zero-order valence-electron chi connectivity index (χ0n) is 16.1. The molecular formula is C17H18N6O4S3. The van der Waals surface area contributed by atoms with Crippen molar-refractivity contribution >= 4 is 52.6 Å². The molecule has 2 aliphatic rings. The minimum absolute atomic E-state index is 0.00147. The summed E-state index contributed by atoms with van der Waals surface area (Å²) in [5, 5.41) is 24.9. The van der Waals surface area contributed by atoms with Crippen LogP contribution in [-0.2, 0) is 16.1 Å². The van der Waals surface area contributed by atoms with Crippen LogP contribution >= 0.6 is 34.9 Å². The van der Waals surface area contributed by atoms with Crippen LogP contribution in [0.25, 0.3) is 0 Å². The van der Waals surface area contributed by atoms with E-state index in [0.717, 1.165) is 9.35 Å². The number of carboxylic acid groups (broad SMARTS) is 1. The molecule has 30 heavy (non-hydrogen) atoms. The van der Waals surface area contributed by atoms with Crippen LogP contribution in [-0.4, -0.2) is 70.7 Å². The van der Waals surface area contributed by atoms with E-state index in [1.54, 1.807) is 6.07 Å². The Morgan fingerprint density at radius 2 is 2.20 bits per heavy atom. The lowest BCUT2D eigenvalue weighted by Gasteiger charge is -2.49. The van der Waals surface area contributed by atoms with Crippen molar-refractivity contribution < 1.29 is 19.5 Å². The maximum Gasteiger partial charge on any atom is 0.352 e. The van der Waals surface area contributed by atoms with E-state index in [-0.39, 0.29) is 5.70 Å². The van der Waals surface area contributed by atoms with Crippen LogP contribution in [0.3, 0.4) is 0 Å². The number of nitrogens with one attached hydrogen (secondary N) is 1. The Labute approximate surface area is 184 Å². The van der Waals surface area contributed by atoms with Gasteiger partial charge in [0.2, 0.25) is 0 Å². The Bertz CT molecular complexity index is 1050. The molecule has 158 valence electrons. The van der Waals surface area contributed by atoms with Gasteiger partial charge in [-0.3, -0.25) is 19.2 Å². The van der Waals surface area contributed by atoms with Gasteiger partial charge in [-0.15, -0.1) is 22.0 Å². The topological polar surface area (TPSA) is 130 Å². The monoisotopic (exact) mass is 466 g/mol. The average molecular weight is 467 g/mol. The number of amides is 2. The van der Waals surface area contributed by atoms with Gasteiger partial charge >= 0.3 is 5.97 Å². The summed E-state index contributed by atoms with van der Waals surface area (Å²) in [4.78, 5) is 38.5. The number of β-lactam (4-membered cyclic amide) rings is 1. The van der Waals surface area contributed by atoms with E-state index in [1.165, 1.54) is 50.6 Å². The quantitative estimate of drug-likeness (QED) is 0.457. The van der Waals surface area contributed by atoms with Gasteiger partial charge in [0, 0.05) is 24.2 Å². The molecule has 10 nitrogen and oxygen atoms in total. The van der Waals surface area contributed by atoms with E-state index in [2.05, 4.69) is 20.6 Å². The molecule has 1 saturated heterocycles. The predicted octanol–water partition coefficient (Wildman–Crippen LogP) is 1.21. The van der Waals surface area contributed by atoms with Crippen molar-refractivity contribution in [2.45, 2.75) is 36.1 Å². The molecule has 2 aromatic rings. The Morgan fingerprint density at radius 1 is 1.40 bits per heavy atom. The van der Waals surface area contributed by atoms with Gasteiger partial charge in [-0.05, 0) is 25.5 Å². The molecule has 0 aliphatic carbocycles. The molecule has 2 unspecified atom stereocenters. The third-order valence-electron chi connectivity index (χ3n) is 4.66. The SMILES string of the molecule is CCn1nccc1C(=O)NC1C(=O)N2C(C(=O)O)=C(CSc3nnc(C)s3)CSC12. The molecule has 0 spiro atoms. The highest BCUT2D eigenvalue weighted by Crippen LogP contribution is 2.41. The molecule has 2 aliphatic heterocycles.